The van der Waals surface area contributed by atoms with Crippen LogP contribution in [0, 0.1) is 5.92 Å². The third-order valence-electron chi connectivity index (χ3n) is 4.40. The molecule has 1 aliphatic heterocycles. The van der Waals surface area contributed by atoms with Gasteiger partial charge in [-0.05, 0) is 43.5 Å². The normalized spacial score (nSPS) is 16.8. The molecule has 1 aromatic rings. The molecule has 0 spiro atoms. The first-order chi connectivity index (χ1) is 12.4. The Balaban J connectivity index is 1.41. The molecule has 3 rings (SSSR count). The second-order valence-corrected chi connectivity index (χ2v) is 6.68. The zero-order chi connectivity index (χ0) is 18.7. The molecular formula is C18H22N4O4. The molecule has 1 heterocycles. The van der Waals surface area contributed by atoms with E-state index >= 15 is 0 Å². The maximum Gasteiger partial charge on any atom is 0.326 e. The summed E-state index contributed by atoms with van der Waals surface area (Å²) in [4.78, 5) is 49.6. The van der Waals surface area contributed by atoms with Gasteiger partial charge in [0.25, 0.3) is 0 Å². The maximum absolute atomic E-state index is 12.0. The molecule has 0 bridgehead atoms. The topological polar surface area (TPSA) is 98.8 Å². The summed E-state index contributed by atoms with van der Waals surface area (Å²) in [6.45, 7) is 0.330. The summed E-state index contributed by atoms with van der Waals surface area (Å²) < 4.78 is 0. The third kappa shape index (κ3) is 4.38. The zero-order valence-electron chi connectivity index (χ0n) is 14.7. The average molecular weight is 358 g/mol. The fraction of sp³-hybridized carbons (Fsp3) is 0.444. The number of rotatable bonds is 7. The Morgan fingerprint density at radius 1 is 1.08 bits per heavy atom. The van der Waals surface area contributed by atoms with Crippen molar-refractivity contribution in [2.45, 2.75) is 25.7 Å². The summed E-state index contributed by atoms with van der Waals surface area (Å²) in [5, 5.41) is 5.60. The van der Waals surface area contributed by atoms with Crippen molar-refractivity contribution in [2.75, 3.05) is 30.8 Å². The molecule has 2 aliphatic rings. The van der Waals surface area contributed by atoms with Gasteiger partial charge in [-0.1, -0.05) is 0 Å². The highest BCUT2D eigenvalue weighted by atomic mass is 16.2. The van der Waals surface area contributed by atoms with Gasteiger partial charge in [0, 0.05) is 37.3 Å². The number of likely N-dealkylation sites (N-methyl/N-ethyl adjacent to an activating group) is 1. The molecule has 2 N–H and O–H groups in total. The van der Waals surface area contributed by atoms with E-state index in [0.29, 0.717) is 17.8 Å². The lowest BCUT2D eigenvalue weighted by Crippen LogP contribution is -2.32. The van der Waals surface area contributed by atoms with Gasteiger partial charge in [-0.15, -0.1) is 0 Å². The van der Waals surface area contributed by atoms with Crippen LogP contribution in [-0.4, -0.2) is 53.7 Å². The van der Waals surface area contributed by atoms with Gasteiger partial charge in [0.2, 0.25) is 17.7 Å². The molecule has 1 saturated carbocycles. The largest absolute Gasteiger partial charge is 0.326 e. The Morgan fingerprint density at radius 3 is 2.23 bits per heavy atom. The van der Waals surface area contributed by atoms with Crippen LogP contribution in [0.4, 0.5) is 16.2 Å². The molecule has 1 saturated heterocycles. The number of benzene rings is 1. The quantitative estimate of drug-likeness (QED) is 0.724. The number of amides is 5. The molecule has 138 valence electrons. The van der Waals surface area contributed by atoms with Crippen LogP contribution in [0.3, 0.4) is 0 Å². The van der Waals surface area contributed by atoms with Crippen molar-refractivity contribution in [3.63, 3.8) is 0 Å². The molecule has 5 amide bonds. The Bertz CT molecular complexity index is 727. The molecule has 8 nitrogen and oxygen atoms in total. The van der Waals surface area contributed by atoms with Crippen LogP contribution in [-0.2, 0) is 14.4 Å². The first-order valence-corrected chi connectivity index (χ1v) is 8.70. The number of nitrogens with zero attached hydrogens (tertiary/aromatic N) is 2. The van der Waals surface area contributed by atoms with Crippen LogP contribution in [0.1, 0.15) is 25.7 Å². The number of imide groups is 1. The second kappa shape index (κ2) is 7.55. The van der Waals surface area contributed by atoms with Crippen molar-refractivity contribution in [1.29, 1.82) is 0 Å². The Kier molecular flexibility index (Phi) is 5.20. The van der Waals surface area contributed by atoms with Crippen LogP contribution in [0.15, 0.2) is 24.3 Å². The van der Waals surface area contributed by atoms with E-state index in [1.54, 1.807) is 31.3 Å². The summed E-state index contributed by atoms with van der Waals surface area (Å²) in [6.07, 6.45) is 2.52. The number of urea groups is 1. The van der Waals surface area contributed by atoms with Crippen LogP contribution < -0.4 is 10.6 Å². The van der Waals surface area contributed by atoms with Crippen LogP contribution in [0.25, 0.3) is 0 Å². The molecule has 1 aromatic carbocycles. The van der Waals surface area contributed by atoms with Crippen molar-refractivity contribution in [3.05, 3.63) is 24.3 Å². The molecule has 2 fully saturated rings. The van der Waals surface area contributed by atoms with Gasteiger partial charge in [0.05, 0.1) is 0 Å². The fourth-order valence-electron chi connectivity index (χ4n) is 2.74. The predicted octanol–water partition coefficient (Wildman–Crippen LogP) is 1.65. The van der Waals surface area contributed by atoms with Crippen LogP contribution in [0.2, 0.25) is 0 Å². The number of hydrogen-bond acceptors (Lipinski definition) is 4. The smallest absolute Gasteiger partial charge is 0.326 e. The number of nitrogens with one attached hydrogen (secondary N) is 2. The van der Waals surface area contributed by atoms with Gasteiger partial charge in [-0.25, -0.2) is 4.79 Å². The monoisotopic (exact) mass is 358 g/mol. The summed E-state index contributed by atoms with van der Waals surface area (Å²) in [6, 6.07) is 6.62. The minimum absolute atomic E-state index is 0.0402. The van der Waals surface area contributed by atoms with Gasteiger partial charge < -0.3 is 15.5 Å². The van der Waals surface area contributed by atoms with Gasteiger partial charge in [-0.2, -0.15) is 0 Å². The van der Waals surface area contributed by atoms with E-state index in [1.807, 2.05) is 0 Å². The van der Waals surface area contributed by atoms with Gasteiger partial charge in [-0.3, -0.25) is 19.3 Å². The van der Waals surface area contributed by atoms with Crippen molar-refractivity contribution in [3.8, 4) is 0 Å². The molecule has 8 heteroatoms. The number of carbonyl (C=O) groups is 4. The highest BCUT2D eigenvalue weighted by Crippen LogP contribution is 2.30. The molecular weight excluding hydrogens is 336 g/mol. The molecule has 0 radical (unpaired) electrons. The van der Waals surface area contributed by atoms with Crippen molar-refractivity contribution < 1.29 is 19.2 Å². The van der Waals surface area contributed by atoms with Crippen LogP contribution >= 0.6 is 0 Å². The minimum atomic E-state index is -0.320. The number of anilines is 2. The first kappa shape index (κ1) is 17.9. The predicted molar refractivity (Wildman–Crippen MR) is 95.4 cm³/mol. The van der Waals surface area contributed by atoms with E-state index in [1.165, 1.54) is 9.80 Å². The van der Waals surface area contributed by atoms with E-state index in [-0.39, 0.29) is 49.2 Å². The Hall–Kier alpha value is -2.90. The van der Waals surface area contributed by atoms with E-state index in [9.17, 15) is 19.2 Å². The SMILES string of the molecule is CN1CC(=O)N(CCCC(=O)Nc2ccc(NC(=O)C3CC3)cc2)C1=O. The highest BCUT2D eigenvalue weighted by Gasteiger charge is 2.33. The minimum Gasteiger partial charge on any atom is -0.326 e. The van der Waals surface area contributed by atoms with Gasteiger partial charge in [0.1, 0.15) is 6.54 Å². The lowest BCUT2D eigenvalue weighted by Gasteiger charge is -2.13. The molecule has 0 unspecified atom stereocenters. The summed E-state index contributed by atoms with van der Waals surface area (Å²) in [7, 11) is 1.57. The van der Waals surface area contributed by atoms with E-state index in [2.05, 4.69) is 10.6 Å². The number of hydrogen-bond donors (Lipinski definition) is 2. The maximum atomic E-state index is 12.0. The number of carbonyl (C=O) groups excluding carboxylic acids is 4. The first-order valence-electron chi connectivity index (χ1n) is 8.70. The van der Waals surface area contributed by atoms with Crippen molar-refractivity contribution >= 4 is 35.1 Å². The lowest BCUT2D eigenvalue weighted by atomic mass is 10.2. The standard InChI is InChI=1S/C18H22N4O4/c1-21-11-16(24)22(18(21)26)10-2-3-15(23)19-13-6-8-14(9-7-13)20-17(25)12-4-5-12/h6-9,12H,2-5,10-11H2,1H3,(H,19,23)(H,20,25). The summed E-state index contributed by atoms with van der Waals surface area (Å²) in [5.41, 5.74) is 1.34. The van der Waals surface area contributed by atoms with Crippen LogP contribution in [0.5, 0.6) is 0 Å². The fourth-order valence-corrected chi connectivity index (χ4v) is 2.74. The molecule has 0 atom stereocenters. The third-order valence-corrected chi connectivity index (χ3v) is 4.40. The summed E-state index contributed by atoms with van der Waals surface area (Å²) >= 11 is 0. The summed E-state index contributed by atoms with van der Waals surface area (Å²) in [5.74, 6) is -0.240. The second-order valence-electron chi connectivity index (χ2n) is 6.68. The molecule has 0 aromatic heterocycles. The Morgan fingerprint density at radius 2 is 1.69 bits per heavy atom. The van der Waals surface area contributed by atoms with Gasteiger partial charge in [0.15, 0.2) is 0 Å². The van der Waals surface area contributed by atoms with Gasteiger partial charge >= 0.3 is 6.03 Å². The zero-order valence-corrected chi connectivity index (χ0v) is 14.7. The molecule has 26 heavy (non-hydrogen) atoms. The Labute approximate surface area is 151 Å². The van der Waals surface area contributed by atoms with E-state index < -0.39 is 0 Å². The van der Waals surface area contributed by atoms with Crippen molar-refractivity contribution in [1.82, 2.24) is 9.80 Å². The van der Waals surface area contributed by atoms with E-state index in [0.717, 1.165) is 12.8 Å². The van der Waals surface area contributed by atoms with Crippen molar-refractivity contribution in [2.24, 2.45) is 5.92 Å². The highest BCUT2D eigenvalue weighted by molar-refractivity contribution is 6.01. The molecule has 1 aliphatic carbocycles. The van der Waals surface area contributed by atoms with E-state index in [4.69, 9.17) is 0 Å². The lowest BCUT2D eigenvalue weighted by molar-refractivity contribution is -0.125. The average Bonchev–Trinajstić information content (AvgIpc) is 3.41.